The number of H-pyrrole nitrogens is 1. The third-order valence-electron chi connectivity index (χ3n) is 6.54. The number of carboxylic acid groups (broad SMARTS) is 2. The molecular formula is C27H31ClN6O4. The highest BCUT2D eigenvalue weighted by Crippen LogP contribution is 2.24. The molecule has 2 aromatic carbocycles. The molecule has 1 saturated heterocycles. The Morgan fingerprint density at radius 2 is 1.87 bits per heavy atom. The van der Waals surface area contributed by atoms with Gasteiger partial charge in [0.05, 0.1) is 6.54 Å². The Morgan fingerprint density at radius 3 is 2.55 bits per heavy atom. The summed E-state index contributed by atoms with van der Waals surface area (Å²) in [6, 6.07) is 14.8. The second-order valence-electron chi connectivity index (χ2n) is 9.56. The predicted molar refractivity (Wildman–Crippen MR) is 144 cm³/mol. The summed E-state index contributed by atoms with van der Waals surface area (Å²) in [7, 11) is 2.24. The number of rotatable bonds is 9. The van der Waals surface area contributed by atoms with Crippen molar-refractivity contribution >= 4 is 34.4 Å². The van der Waals surface area contributed by atoms with E-state index < -0.39 is 11.9 Å². The summed E-state index contributed by atoms with van der Waals surface area (Å²) in [6.45, 7) is 6.18. The number of carboxylic acids is 2. The average molecular weight is 539 g/mol. The van der Waals surface area contributed by atoms with Crippen LogP contribution in [0, 0.1) is 5.92 Å². The Bertz CT molecular complexity index is 1360. The molecule has 200 valence electrons. The highest BCUT2D eigenvalue weighted by Gasteiger charge is 2.27. The Morgan fingerprint density at radius 1 is 1.11 bits per heavy atom. The van der Waals surface area contributed by atoms with Crippen molar-refractivity contribution in [2.45, 2.75) is 19.5 Å². The molecule has 0 aliphatic carbocycles. The predicted octanol–water partition coefficient (Wildman–Crippen LogP) is 3.22. The molecular weight excluding hydrogens is 508 g/mol. The Hall–Kier alpha value is -3.73. The summed E-state index contributed by atoms with van der Waals surface area (Å²) < 4.78 is 1.86. The van der Waals surface area contributed by atoms with Crippen LogP contribution in [-0.2, 0) is 29.1 Å². The first-order chi connectivity index (χ1) is 18.3. The zero-order chi connectivity index (χ0) is 27.1. The van der Waals surface area contributed by atoms with E-state index in [1.807, 2.05) is 16.8 Å². The van der Waals surface area contributed by atoms with Crippen LogP contribution in [0.4, 0.5) is 0 Å². The number of likely N-dealkylation sites (N-methyl/N-ethyl adjacent to an activating group) is 1. The summed E-state index contributed by atoms with van der Waals surface area (Å²) in [4.78, 5) is 30.6. The van der Waals surface area contributed by atoms with Gasteiger partial charge in [-0.15, -0.1) is 0 Å². The number of nitrogens with one attached hydrogen (secondary N) is 1. The van der Waals surface area contributed by atoms with Crippen LogP contribution in [0.5, 0.6) is 0 Å². The number of likely N-dealkylation sites (tertiary alicyclic amines) is 1. The van der Waals surface area contributed by atoms with Gasteiger partial charge in [0.25, 0.3) is 0 Å². The minimum absolute atomic E-state index is 0.736. The van der Waals surface area contributed by atoms with Crippen molar-refractivity contribution in [3.8, 4) is 0 Å². The summed E-state index contributed by atoms with van der Waals surface area (Å²) in [5.74, 6) is -2.91. The van der Waals surface area contributed by atoms with Crippen LogP contribution in [0.25, 0.3) is 10.9 Å². The highest BCUT2D eigenvalue weighted by atomic mass is 35.5. The number of hydrogen-bond donors (Lipinski definition) is 3. The largest absolute Gasteiger partial charge is 0.473 e. The maximum absolute atomic E-state index is 9.10. The Labute approximate surface area is 225 Å². The van der Waals surface area contributed by atoms with Crippen LogP contribution in [0.3, 0.4) is 0 Å². The van der Waals surface area contributed by atoms with Crippen LogP contribution in [0.15, 0.2) is 61.3 Å². The molecule has 0 atom stereocenters. The molecule has 0 radical (unpaired) electrons. The van der Waals surface area contributed by atoms with Crippen molar-refractivity contribution in [3.05, 3.63) is 83.0 Å². The van der Waals surface area contributed by atoms with Gasteiger partial charge in [-0.25, -0.2) is 19.3 Å². The van der Waals surface area contributed by atoms with E-state index in [-0.39, 0.29) is 0 Å². The smallest absolute Gasteiger partial charge is 0.414 e. The van der Waals surface area contributed by atoms with Crippen LogP contribution in [0.2, 0.25) is 5.02 Å². The van der Waals surface area contributed by atoms with Crippen molar-refractivity contribution in [1.82, 2.24) is 29.5 Å². The maximum atomic E-state index is 9.10. The van der Waals surface area contributed by atoms with Gasteiger partial charge in [-0.1, -0.05) is 35.9 Å². The van der Waals surface area contributed by atoms with E-state index in [9.17, 15) is 0 Å². The van der Waals surface area contributed by atoms with E-state index in [1.54, 1.807) is 12.7 Å². The number of aliphatic carboxylic acids is 2. The van der Waals surface area contributed by atoms with Gasteiger partial charge in [0.1, 0.15) is 12.7 Å². The summed E-state index contributed by atoms with van der Waals surface area (Å²) in [6.07, 6.45) is 6.53. The standard InChI is InChI=1S/C25H29ClN6.C2H2O4/c1-30(12-20-13-31(14-20)16-22-4-2-3-5-24(22)26)9-8-21-11-28-25-7-6-19(10-23(21)25)15-32-18-27-17-29-32;3-1(4)2(5)6/h2-7,10-11,17-18,20,28H,8-9,12-16H2,1H3;(H,3,4)(H,5,6). The van der Waals surface area contributed by atoms with Gasteiger partial charge in [-0.3, -0.25) is 4.90 Å². The number of aromatic nitrogens is 4. The van der Waals surface area contributed by atoms with E-state index >= 15 is 0 Å². The van der Waals surface area contributed by atoms with Crippen LogP contribution < -0.4 is 0 Å². The van der Waals surface area contributed by atoms with Crippen molar-refractivity contribution in [1.29, 1.82) is 0 Å². The highest BCUT2D eigenvalue weighted by molar-refractivity contribution is 6.31. The summed E-state index contributed by atoms with van der Waals surface area (Å²) in [5.41, 5.74) is 5.04. The minimum Gasteiger partial charge on any atom is -0.473 e. The molecule has 38 heavy (non-hydrogen) atoms. The molecule has 0 saturated carbocycles. The van der Waals surface area contributed by atoms with Gasteiger partial charge >= 0.3 is 11.9 Å². The van der Waals surface area contributed by atoms with Crippen LogP contribution in [0.1, 0.15) is 16.7 Å². The average Bonchev–Trinajstić information content (AvgIpc) is 3.52. The fourth-order valence-corrected chi connectivity index (χ4v) is 4.86. The van der Waals surface area contributed by atoms with Crippen molar-refractivity contribution in [2.75, 3.05) is 33.2 Å². The molecule has 3 heterocycles. The molecule has 3 N–H and O–H groups in total. The van der Waals surface area contributed by atoms with Crippen LogP contribution in [-0.4, -0.2) is 84.9 Å². The van der Waals surface area contributed by atoms with E-state index in [4.69, 9.17) is 31.4 Å². The topological polar surface area (TPSA) is 128 Å². The zero-order valence-corrected chi connectivity index (χ0v) is 21.9. The van der Waals surface area contributed by atoms with E-state index in [0.29, 0.717) is 0 Å². The quantitative estimate of drug-likeness (QED) is 0.277. The van der Waals surface area contributed by atoms with Gasteiger partial charge in [0.2, 0.25) is 0 Å². The third-order valence-corrected chi connectivity index (χ3v) is 6.91. The second-order valence-corrected chi connectivity index (χ2v) is 9.97. The molecule has 10 nitrogen and oxygen atoms in total. The number of hydrogen-bond acceptors (Lipinski definition) is 6. The molecule has 0 amide bonds. The Kier molecular flexibility index (Phi) is 9.11. The van der Waals surface area contributed by atoms with Crippen molar-refractivity contribution < 1.29 is 19.8 Å². The SMILES string of the molecule is CN(CCc1c[nH]c2ccc(Cn3cncn3)cc12)CC1CN(Cc2ccccc2Cl)C1.O=C(O)C(=O)O. The van der Waals surface area contributed by atoms with E-state index in [0.717, 1.165) is 56.6 Å². The first-order valence-electron chi connectivity index (χ1n) is 12.3. The molecule has 4 aromatic rings. The lowest BCUT2D eigenvalue weighted by molar-refractivity contribution is -0.159. The van der Waals surface area contributed by atoms with Crippen molar-refractivity contribution in [2.24, 2.45) is 5.92 Å². The minimum atomic E-state index is -1.82. The van der Waals surface area contributed by atoms with Gasteiger partial charge in [-0.2, -0.15) is 5.10 Å². The molecule has 1 aliphatic heterocycles. The number of fused-ring (bicyclic) bond motifs is 1. The number of carbonyl (C=O) groups is 2. The lowest BCUT2D eigenvalue weighted by atomic mass is 9.98. The maximum Gasteiger partial charge on any atom is 0.414 e. The first kappa shape index (κ1) is 27.3. The molecule has 5 rings (SSSR count). The number of benzene rings is 2. The van der Waals surface area contributed by atoms with Crippen LogP contribution >= 0.6 is 11.6 Å². The van der Waals surface area contributed by atoms with Crippen molar-refractivity contribution in [3.63, 3.8) is 0 Å². The molecule has 11 heteroatoms. The number of nitrogens with zero attached hydrogens (tertiary/aromatic N) is 5. The normalized spacial score (nSPS) is 13.8. The zero-order valence-electron chi connectivity index (χ0n) is 21.1. The molecule has 1 aliphatic rings. The Balaban J connectivity index is 0.000000505. The second kappa shape index (κ2) is 12.7. The number of halogens is 1. The molecule has 2 aromatic heterocycles. The van der Waals surface area contributed by atoms with E-state index in [1.165, 1.54) is 27.6 Å². The lowest BCUT2D eigenvalue weighted by Gasteiger charge is -2.41. The fraction of sp³-hybridized carbons (Fsp3) is 0.333. The fourth-order valence-electron chi connectivity index (χ4n) is 4.66. The van der Waals surface area contributed by atoms with Gasteiger partial charge in [-0.05, 0) is 54.3 Å². The molecule has 0 unspecified atom stereocenters. The van der Waals surface area contributed by atoms with Gasteiger partial charge in [0, 0.05) is 54.8 Å². The monoisotopic (exact) mass is 538 g/mol. The van der Waals surface area contributed by atoms with Gasteiger partial charge in [0.15, 0.2) is 0 Å². The van der Waals surface area contributed by atoms with E-state index in [2.05, 4.69) is 68.4 Å². The molecule has 0 bridgehead atoms. The summed E-state index contributed by atoms with van der Waals surface area (Å²) in [5, 5.41) is 21.2. The first-order valence-corrected chi connectivity index (χ1v) is 12.7. The molecule has 0 spiro atoms. The van der Waals surface area contributed by atoms with Gasteiger partial charge < -0.3 is 20.1 Å². The number of aromatic amines is 1. The summed E-state index contributed by atoms with van der Waals surface area (Å²) >= 11 is 6.30. The molecule has 1 fully saturated rings. The third kappa shape index (κ3) is 7.41. The lowest BCUT2D eigenvalue weighted by Crippen LogP contribution is -2.50.